The second kappa shape index (κ2) is 10.1. The number of carboxylic acids is 1. The zero-order chi connectivity index (χ0) is 28.0. The van der Waals surface area contributed by atoms with E-state index < -0.39 is 11.6 Å². The van der Waals surface area contributed by atoms with Crippen molar-refractivity contribution in [3.63, 3.8) is 0 Å². The summed E-state index contributed by atoms with van der Waals surface area (Å²) in [6.45, 7) is 7.13. The first kappa shape index (κ1) is 26.1. The van der Waals surface area contributed by atoms with E-state index in [-0.39, 0.29) is 23.5 Å². The van der Waals surface area contributed by atoms with Crippen LogP contribution < -0.4 is 4.90 Å². The van der Waals surface area contributed by atoms with Crippen molar-refractivity contribution >= 4 is 28.7 Å². The molecular weight excluding hydrogens is 509 g/mol. The van der Waals surface area contributed by atoms with E-state index in [1.165, 1.54) is 35.2 Å². The highest BCUT2D eigenvalue weighted by atomic mass is 19.1. The number of aromatic nitrogens is 1. The van der Waals surface area contributed by atoms with Gasteiger partial charge in [-0.05, 0) is 73.0 Å². The Morgan fingerprint density at radius 3 is 2.38 bits per heavy atom. The lowest BCUT2D eigenvalue weighted by atomic mass is 9.90. The second-order valence-corrected chi connectivity index (χ2v) is 11.1. The van der Waals surface area contributed by atoms with Crippen molar-refractivity contribution in [1.29, 1.82) is 0 Å². The Labute approximate surface area is 232 Å². The molecule has 1 aromatic heterocycles. The molecule has 1 amide bonds. The Bertz CT molecular complexity index is 1570. The molecule has 7 nitrogen and oxygen atoms in total. The normalized spacial score (nSPS) is 17.2. The van der Waals surface area contributed by atoms with Crippen LogP contribution in [-0.4, -0.2) is 51.9 Å². The fraction of sp³-hybridized carbons (Fsp3) is 0.312. The van der Waals surface area contributed by atoms with Gasteiger partial charge < -0.3 is 14.4 Å². The summed E-state index contributed by atoms with van der Waals surface area (Å²) in [5.41, 5.74) is 4.74. The number of hydrogen-bond acceptors (Lipinski definition) is 4. The summed E-state index contributed by atoms with van der Waals surface area (Å²) in [6, 6.07) is 19.6. The zero-order valence-corrected chi connectivity index (χ0v) is 22.6. The number of nitrogens with zero attached hydrogens (tertiary/aromatic N) is 3. The maximum Gasteiger partial charge on any atom is 0.415 e. The molecule has 0 aliphatic carbocycles. The van der Waals surface area contributed by atoms with Crippen LogP contribution in [-0.2, 0) is 11.3 Å². The summed E-state index contributed by atoms with van der Waals surface area (Å²) in [5, 5.41) is 10.4. The van der Waals surface area contributed by atoms with Crippen LogP contribution in [0.15, 0.2) is 72.9 Å². The number of carbonyl (C=O) groups is 2. The molecule has 40 heavy (non-hydrogen) atoms. The van der Waals surface area contributed by atoms with E-state index in [0.717, 1.165) is 49.1 Å². The number of amides is 1. The predicted octanol–water partition coefficient (Wildman–Crippen LogP) is 6.72. The molecular formula is C32H32FN3O4. The van der Waals surface area contributed by atoms with Gasteiger partial charge in [0.25, 0.3) is 0 Å². The molecule has 6 rings (SSSR count). The monoisotopic (exact) mass is 541 g/mol. The molecule has 2 fully saturated rings. The van der Waals surface area contributed by atoms with Crippen LogP contribution in [0.2, 0.25) is 0 Å². The molecule has 0 atom stereocenters. The number of fused-ring (bicyclic) bond motifs is 1. The van der Waals surface area contributed by atoms with Gasteiger partial charge in [-0.3, -0.25) is 9.80 Å². The van der Waals surface area contributed by atoms with Crippen molar-refractivity contribution in [2.75, 3.05) is 24.5 Å². The van der Waals surface area contributed by atoms with Gasteiger partial charge in [0.05, 0.1) is 12.1 Å². The molecule has 3 heterocycles. The minimum Gasteiger partial charge on any atom is -0.478 e. The average molecular weight is 542 g/mol. The molecule has 2 saturated heterocycles. The molecule has 0 unspecified atom stereocenters. The van der Waals surface area contributed by atoms with Crippen LogP contribution in [0.5, 0.6) is 0 Å². The van der Waals surface area contributed by atoms with Crippen LogP contribution in [0.3, 0.4) is 0 Å². The number of halogens is 1. The maximum absolute atomic E-state index is 13.7. The van der Waals surface area contributed by atoms with Crippen molar-refractivity contribution in [3.8, 4) is 11.1 Å². The molecule has 206 valence electrons. The van der Waals surface area contributed by atoms with Gasteiger partial charge in [0.1, 0.15) is 11.4 Å². The molecule has 0 bridgehead atoms. The highest BCUT2D eigenvalue weighted by Gasteiger charge is 2.47. The minimum atomic E-state index is -0.999. The topological polar surface area (TPSA) is 75.0 Å². The van der Waals surface area contributed by atoms with Gasteiger partial charge in [-0.25, -0.2) is 14.0 Å². The number of carbonyl (C=O) groups excluding carboxylic acids is 1. The summed E-state index contributed by atoms with van der Waals surface area (Å²) < 4.78 is 21.9. The van der Waals surface area contributed by atoms with E-state index in [2.05, 4.69) is 47.7 Å². The average Bonchev–Trinajstić information content (AvgIpc) is 3.48. The number of anilines is 1. The van der Waals surface area contributed by atoms with E-state index in [1.54, 1.807) is 17.0 Å². The molecule has 2 aliphatic rings. The molecule has 8 heteroatoms. The number of likely N-dealkylation sites (tertiary alicyclic amines) is 1. The molecule has 2 aliphatic heterocycles. The highest BCUT2D eigenvalue weighted by Crippen LogP contribution is 2.38. The second-order valence-electron chi connectivity index (χ2n) is 11.1. The van der Waals surface area contributed by atoms with E-state index in [1.807, 2.05) is 12.1 Å². The number of hydrogen-bond donors (Lipinski definition) is 1. The van der Waals surface area contributed by atoms with Crippen molar-refractivity contribution in [1.82, 2.24) is 9.47 Å². The fourth-order valence-corrected chi connectivity index (χ4v) is 6.04. The highest BCUT2D eigenvalue weighted by molar-refractivity contribution is 5.98. The van der Waals surface area contributed by atoms with Crippen molar-refractivity contribution < 1.29 is 23.8 Å². The van der Waals surface area contributed by atoms with Gasteiger partial charge in [0.15, 0.2) is 0 Å². The largest absolute Gasteiger partial charge is 0.478 e. The van der Waals surface area contributed by atoms with E-state index in [0.29, 0.717) is 12.2 Å². The minimum absolute atomic E-state index is 0.181. The smallest absolute Gasteiger partial charge is 0.415 e. The van der Waals surface area contributed by atoms with Crippen molar-refractivity contribution in [3.05, 3.63) is 89.9 Å². The fourth-order valence-electron chi connectivity index (χ4n) is 6.04. The van der Waals surface area contributed by atoms with E-state index >= 15 is 0 Å². The van der Waals surface area contributed by atoms with Crippen LogP contribution in [0.25, 0.3) is 22.0 Å². The summed E-state index contributed by atoms with van der Waals surface area (Å²) in [6.07, 6.45) is 3.29. The Balaban J connectivity index is 1.21. The van der Waals surface area contributed by atoms with Crippen LogP contribution in [0.4, 0.5) is 14.9 Å². The number of benzene rings is 3. The lowest BCUT2D eigenvalue weighted by Crippen LogP contribution is -2.46. The lowest BCUT2D eigenvalue weighted by molar-refractivity contribution is -0.000898. The van der Waals surface area contributed by atoms with Gasteiger partial charge in [0, 0.05) is 61.3 Å². The standard InChI is InChI=1S/C32H32FN3O4/c1-21(2)35-19-24(29-27(4-3-5-28(29)35)22-6-10-25(33)11-7-22)18-34-16-14-32(15-17-34)20-36(31(39)40-32)26-12-8-23(9-13-26)30(37)38/h3-13,19,21H,14-18,20H2,1-2H3,(H,37,38). The quantitative estimate of drug-likeness (QED) is 0.293. The number of rotatable bonds is 6. The molecule has 0 radical (unpaired) electrons. The van der Waals surface area contributed by atoms with Gasteiger partial charge in [-0.2, -0.15) is 0 Å². The number of aromatic carboxylic acids is 1. The molecule has 1 spiro atoms. The summed E-state index contributed by atoms with van der Waals surface area (Å²) in [7, 11) is 0. The Morgan fingerprint density at radius 2 is 1.73 bits per heavy atom. The van der Waals surface area contributed by atoms with Crippen LogP contribution in [0, 0.1) is 5.82 Å². The Hall–Kier alpha value is -4.17. The number of carboxylic acid groups (broad SMARTS) is 1. The Kier molecular flexibility index (Phi) is 6.58. The van der Waals surface area contributed by atoms with Crippen LogP contribution >= 0.6 is 0 Å². The summed E-state index contributed by atoms with van der Waals surface area (Å²) in [4.78, 5) is 28.0. The maximum atomic E-state index is 13.7. The first-order chi connectivity index (χ1) is 19.2. The van der Waals surface area contributed by atoms with Crippen LogP contribution in [0.1, 0.15) is 48.7 Å². The van der Waals surface area contributed by atoms with E-state index in [4.69, 9.17) is 9.84 Å². The lowest BCUT2D eigenvalue weighted by Gasteiger charge is -2.37. The van der Waals surface area contributed by atoms with Gasteiger partial charge in [-0.15, -0.1) is 0 Å². The predicted molar refractivity (Wildman–Crippen MR) is 152 cm³/mol. The molecule has 0 saturated carbocycles. The zero-order valence-electron chi connectivity index (χ0n) is 22.6. The SMILES string of the molecule is CC(C)n1cc(CN2CCC3(CC2)CN(c2ccc(C(=O)O)cc2)C(=O)O3)c2c(-c3ccc(F)cc3)cccc21. The van der Waals surface area contributed by atoms with Crippen molar-refractivity contribution in [2.24, 2.45) is 0 Å². The molecule has 1 N–H and O–H groups in total. The third-order valence-corrected chi connectivity index (χ3v) is 8.21. The van der Waals surface area contributed by atoms with Crippen molar-refractivity contribution in [2.45, 2.75) is 44.9 Å². The first-order valence-corrected chi connectivity index (χ1v) is 13.7. The van der Waals surface area contributed by atoms with Gasteiger partial charge in [0.2, 0.25) is 0 Å². The van der Waals surface area contributed by atoms with Gasteiger partial charge in [-0.1, -0.05) is 24.3 Å². The third-order valence-electron chi connectivity index (χ3n) is 8.21. The number of ether oxygens (including phenoxy) is 1. The third kappa shape index (κ3) is 4.73. The molecule has 4 aromatic rings. The number of piperidine rings is 1. The first-order valence-electron chi connectivity index (χ1n) is 13.7. The summed E-state index contributed by atoms with van der Waals surface area (Å²) in [5.74, 6) is -1.25. The summed E-state index contributed by atoms with van der Waals surface area (Å²) >= 11 is 0. The Morgan fingerprint density at radius 1 is 1.02 bits per heavy atom. The van der Waals surface area contributed by atoms with E-state index in [9.17, 15) is 14.0 Å². The van der Waals surface area contributed by atoms with Gasteiger partial charge >= 0.3 is 12.1 Å². The molecule has 3 aromatic carbocycles.